The van der Waals surface area contributed by atoms with E-state index in [4.69, 9.17) is 9.84 Å². The first-order valence-corrected chi connectivity index (χ1v) is 8.38. The van der Waals surface area contributed by atoms with E-state index >= 15 is 0 Å². The predicted octanol–water partition coefficient (Wildman–Crippen LogP) is 1.62. The molecule has 0 radical (unpaired) electrons. The average Bonchev–Trinajstić information content (AvgIpc) is 2.43. The zero-order chi connectivity index (χ0) is 15.7. The third-order valence-electron chi connectivity index (χ3n) is 2.90. The Morgan fingerprint density at radius 3 is 2.43 bits per heavy atom. The van der Waals surface area contributed by atoms with Crippen LogP contribution in [0.3, 0.4) is 0 Å². The van der Waals surface area contributed by atoms with Crippen molar-refractivity contribution in [3.05, 3.63) is 35.4 Å². The third kappa shape index (κ3) is 7.22. The lowest BCUT2D eigenvalue weighted by Gasteiger charge is -2.07. The van der Waals surface area contributed by atoms with E-state index in [1.807, 2.05) is 0 Å². The van der Waals surface area contributed by atoms with Gasteiger partial charge in [0, 0.05) is 20.3 Å². The molecular weight excluding hydrogens is 294 g/mol. The Labute approximate surface area is 125 Å². The van der Waals surface area contributed by atoms with Crippen molar-refractivity contribution in [1.82, 2.24) is 4.72 Å². The SMILES string of the molecule is COCCCCCNS(=O)(=O)Cc1ccc(C(=O)O)cc1. The fourth-order valence-electron chi connectivity index (χ4n) is 1.79. The van der Waals surface area contributed by atoms with E-state index in [9.17, 15) is 13.2 Å². The van der Waals surface area contributed by atoms with Crippen LogP contribution in [0.5, 0.6) is 0 Å². The standard InChI is InChI=1S/C14H21NO5S/c1-20-10-4-2-3-9-15-21(18,19)11-12-5-7-13(8-6-12)14(16)17/h5-8,15H,2-4,9-11H2,1H3,(H,16,17). The summed E-state index contributed by atoms with van der Waals surface area (Å²) in [4.78, 5) is 10.7. The van der Waals surface area contributed by atoms with Crippen molar-refractivity contribution in [2.24, 2.45) is 0 Å². The monoisotopic (exact) mass is 315 g/mol. The molecule has 6 nitrogen and oxygen atoms in total. The van der Waals surface area contributed by atoms with Crippen LogP contribution in [0.4, 0.5) is 0 Å². The number of methoxy groups -OCH3 is 1. The summed E-state index contributed by atoms with van der Waals surface area (Å²) in [5.41, 5.74) is 0.703. The molecule has 0 aliphatic carbocycles. The zero-order valence-electron chi connectivity index (χ0n) is 12.0. The van der Waals surface area contributed by atoms with Gasteiger partial charge in [0.05, 0.1) is 11.3 Å². The molecule has 0 unspecified atom stereocenters. The van der Waals surface area contributed by atoms with Gasteiger partial charge in [0.2, 0.25) is 10.0 Å². The summed E-state index contributed by atoms with van der Waals surface area (Å²) in [6.07, 6.45) is 2.58. The molecular formula is C14H21NO5S. The summed E-state index contributed by atoms with van der Waals surface area (Å²) >= 11 is 0. The molecule has 0 aromatic heterocycles. The molecule has 0 fully saturated rings. The van der Waals surface area contributed by atoms with Gasteiger partial charge in [-0.1, -0.05) is 12.1 Å². The van der Waals surface area contributed by atoms with E-state index in [1.54, 1.807) is 7.11 Å². The minimum atomic E-state index is -3.39. The number of unbranched alkanes of at least 4 members (excludes halogenated alkanes) is 2. The zero-order valence-corrected chi connectivity index (χ0v) is 12.9. The number of nitrogens with one attached hydrogen (secondary N) is 1. The number of hydrogen-bond acceptors (Lipinski definition) is 4. The smallest absolute Gasteiger partial charge is 0.335 e. The van der Waals surface area contributed by atoms with Gasteiger partial charge in [-0.3, -0.25) is 0 Å². The van der Waals surface area contributed by atoms with Crippen molar-refractivity contribution >= 4 is 16.0 Å². The van der Waals surface area contributed by atoms with Crippen molar-refractivity contribution in [2.75, 3.05) is 20.3 Å². The lowest BCUT2D eigenvalue weighted by atomic mass is 10.1. The maximum atomic E-state index is 11.9. The van der Waals surface area contributed by atoms with Gasteiger partial charge in [0.1, 0.15) is 0 Å². The van der Waals surface area contributed by atoms with Crippen LogP contribution in [-0.2, 0) is 20.5 Å². The number of carbonyl (C=O) groups is 1. The minimum absolute atomic E-state index is 0.141. The van der Waals surface area contributed by atoms with E-state index in [2.05, 4.69) is 4.72 Å². The highest BCUT2D eigenvalue weighted by Crippen LogP contribution is 2.08. The summed E-state index contributed by atoms with van der Waals surface area (Å²) in [6, 6.07) is 5.83. The van der Waals surface area contributed by atoms with Crippen LogP contribution in [0.25, 0.3) is 0 Å². The van der Waals surface area contributed by atoms with Gasteiger partial charge in [0.25, 0.3) is 0 Å². The molecule has 21 heavy (non-hydrogen) atoms. The molecule has 0 atom stereocenters. The summed E-state index contributed by atoms with van der Waals surface area (Å²) < 4.78 is 31.2. The molecule has 118 valence electrons. The lowest BCUT2D eigenvalue weighted by Crippen LogP contribution is -2.26. The molecule has 0 aliphatic heterocycles. The van der Waals surface area contributed by atoms with Crippen molar-refractivity contribution in [3.8, 4) is 0 Å². The summed E-state index contributed by atoms with van der Waals surface area (Å²) in [5, 5.41) is 8.77. The van der Waals surface area contributed by atoms with Crippen molar-refractivity contribution in [3.63, 3.8) is 0 Å². The molecule has 1 aromatic rings. The number of carboxylic acid groups (broad SMARTS) is 1. The molecule has 1 rings (SSSR count). The van der Waals surface area contributed by atoms with Crippen LogP contribution >= 0.6 is 0 Å². The number of carboxylic acids is 1. The molecule has 2 N–H and O–H groups in total. The van der Waals surface area contributed by atoms with Gasteiger partial charge in [-0.15, -0.1) is 0 Å². The Morgan fingerprint density at radius 1 is 1.19 bits per heavy atom. The molecule has 7 heteroatoms. The summed E-state index contributed by atoms with van der Waals surface area (Å²) in [6.45, 7) is 1.09. The molecule has 0 amide bonds. The van der Waals surface area contributed by atoms with Gasteiger partial charge >= 0.3 is 5.97 Å². The lowest BCUT2D eigenvalue weighted by molar-refractivity contribution is 0.0697. The van der Waals surface area contributed by atoms with Crippen LogP contribution in [0.1, 0.15) is 35.2 Å². The predicted molar refractivity (Wildman–Crippen MR) is 79.8 cm³/mol. The number of rotatable bonds is 10. The van der Waals surface area contributed by atoms with Gasteiger partial charge in [-0.05, 0) is 37.0 Å². The summed E-state index contributed by atoms with van der Waals surface area (Å²) in [7, 11) is -1.75. The first-order valence-electron chi connectivity index (χ1n) is 6.73. The second kappa shape index (κ2) is 8.76. The number of benzene rings is 1. The number of ether oxygens (including phenoxy) is 1. The van der Waals surface area contributed by atoms with Crippen LogP contribution in [0.2, 0.25) is 0 Å². The number of hydrogen-bond donors (Lipinski definition) is 2. The first kappa shape index (κ1) is 17.6. The minimum Gasteiger partial charge on any atom is -0.478 e. The molecule has 0 heterocycles. The van der Waals surface area contributed by atoms with Crippen LogP contribution in [0.15, 0.2) is 24.3 Å². The fraction of sp³-hybridized carbons (Fsp3) is 0.500. The van der Waals surface area contributed by atoms with Crippen molar-refractivity contribution in [1.29, 1.82) is 0 Å². The van der Waals surface area contributed by atoms with E-state index < -0.39 is 16.0 Å². The highest BCUT2D eigenvalue weighted by atomic mass is 32.2. The molecule has 0 aliphatic rings. The van der Waals surface area contributed by atoms with Crippen molar-refractivity contribution < 1.29 is 23.1 Å². The highest BCUT2D eigenvalue weighted by Gasteiger charge is 2.11. The van der Waals surface area contributed by atoms with Gasteiger partial charge < -0.3 is 9.84 Å². The fourth-order valence-corrected chi connectivity index (χ4v) is 2.98. The van der Waals surface area contributed by atoms with E-state index in [0.717, 1.165) is 19.3 Å². The molecule has 0 saturated heterocycles. The van der Waals surface area contributed by atoms with Gasteiger partial charge in [0.15, 0.2) is 0 Å². The van der Waals surface area contributed by atoms with E-state index in [0.29, 0.717) is 18.7 Å². The number of sulfonamides is 1. The Bertz CT molecular complexity index is 539. The normalized spacial score (nSPS) is 11.5. The Morgan fingerprint density at radius 2 is 1.86 bits per heavy atom. The van der Waals surface area contributed by atoms with Crippen LogP contribution in [0, 0.1) is 0 Å². The second-order valence-corrected chi connectivity index (χ2v) is 6.52. The Kier molecular flexibility index (Phi) is 7.35. The quantitative estimate of drug-likeness (QED) is 0.640. The Balaban J connectivity index is 2.39. The largest absolute Gasteiger partial charge is 0.478 e. The van der Waals surface area contributed by atoms with Gasteiger partial charge in [-0.2, -0.15) is 0 Å². The maximum Gasteiger partial charge on any atom is 0.335 e. The van der Waals surface area contributed by atoms with Crippen LogP contribution in [-0.4, -0.2) is 39.8 Å². The maximum absolute atomic E-state index is 11.9. The molecule has 1 aromatic carbocycles. The molecule has 0 spiro atoms. The molecule has 0 saturated carbocycles. The van der Waals surface area contributed by atoms with Crippen LogP contribution < -0.4 is 4.72 Å². The van der Waals surface area contributed by atoms with Gasteiger partial charge in [-0.25, -0.2) is 17.9 Å². The summed E-state index contributed by atoms with van der Waals surface area (Å²) in [5.74, 6) is -1.18. The average molecular weight is 315 g/mol. The van der Waals surface area contributed by atoms with E-state index in [-0.39, 0.29) is 11.3 Å². The highest BCUT2D eigenvalue weighted by molar-refractivity contribution is 7.88. The van der Waals surface area contributed by atoms with Crippen molar-refractivity contribution in [2.45, 2.75) is 25.0 Å². The second-order valence-electron chi connectivity index (χ2n) is 4.71. The topological polar surface area (TPSA) is 92.7 Å². The first-order chi connectivity index (χ1) is 9.94. The number of aromatic carboxylic acids is 1. The molecule has 0 bridgehead atoms. The third-order valence-corrected chi connectivity index (χ3v) is 4.26. The Hall–Kier alpha value is -1.44. The van der Waals surface area contributed by atoms with E-state index in [1.165, 1.54) is 24.3 Å².